The van der Waals surface area contributed by atoms with Gasteiger partial charge < -0.3 is 15.2 Å². The molecule has 1 fully saturated rings. The van der Waals surface area contributed by atoms with Gasteiger partial charge in [0.05, 0.1) is 6.61 Å². The van der Waals surface area contributed by atoms with Crippen LogP contribution in [0.3, 0.4) is 0 Å². The third-order valence-electron chi connectivity index (χ3n) is 2.02. The number of ether oxygens (including phenoxy) is 1. The molecule has 3 heteroatoms. The van der Waals surface area contributed by atoms with Crippen molar-refractivity contribution >= 4 is 0 Å². The Morgan fingerprint density at radius 3 is 2.75 bits per heavy atom. The van der Waals surface area contributed by atoms with Crippen LogP contribution in [0.5, 0.6) is 0 Å². The molecule has 0 amide bonds. The Kier molecular flexibility index (Phi) is 4.99. The minimum atomic E-state index is 0.134. The van der Waals surface area contributed by atoms with Crippen LogP contribution in [0.2, 0.25) is 0 Å². The van der Waals surface area contributed by atoms with Gasteiger partial charge in [0.1, 0.15) is 0 Å². The summed E-state index contributed by atoms with van der Waals surface area (Å²) in [5.74, 6) is 0. The SMILES string of the molecule is OC/C=C/CNC1CCOCC1. The lowest BCUT2D eigenvalue weighted by atomic mass is 10.1. The molecule has 1 saturated heterocycles. The van der Waals surface area contributed by atoms with Crippen LogP contribution in [0, 0.1) is 0 Å². The molecule has 0 aliphatic carbocycles. The van der Waals surface area contributed by atoms with Crippen molar-refractivity contribution in [3.05, 3.63) is 12.2 Å². The van der Waals surface area contributed by atoms with E-state index < -0.39 is 0 Å². The van der Waals surface area contributed by atoms with Crippen LogP contribution < -0.4 is 5.32 Å². The highest BCUT2D eigenvalue weighted by molar-refractivity contribution is 4.84. The molecule has 0 aromatic heterocycles. The van der Waals surface area contributed by atoms with Crippen molar-refractivity contribution in [3.8, 4) is 0 Å². The van der Waals surface area contributed by atoms with Gasteiger partial charge in [-0.1, -0.05) is 12.2 Å². The highest BCUT2D eigenvalue weighted by Gasteiger charge is 2.11. The molecular weight excluding hydrogens is 154 g/mol. The van der Waals surface area contributed by atoms with Crippen LogP contribution in [0.25, 0.3) is 0 Å². The summed E-state index contributed by atoms with van der Waals surface area (Å²) in [6, 6.07) is 0.599. The van der Waals surface area contributed by atoms with Crippen molar-refractivity contribution in [2.24, 2.45) is 0 Å². The Morgan fingerprint density at radius 1 is 1.33 bits per heavy atom. The van der Waals surface area contributed by atoms with Crippen molar-refractivity contribution in [2.45, 2.75) is 18.9 Å². The van der Waals surface area contributed by atoms with Crippen LogP contribution in [0.4, 0.5) is 0 Å². The van der Waals surface area contributed by atoms with Crippen molar-refractivity contribution in [3.63, 3.8) is 0 Å². The smallest absolute Gasteiger partial charge is 0.0612 e. The van der Waals surface area contributed by atoms with E-state index in [2.05, 4.69) is 5.32 Å². The minimum absolute atomic E-state index is 0.134. The summed E-state index contributed by atoms with van der Waals surface area (Å²) >= 11 is 0. The van der Waals surface area contributed by atoms with E-state index in [-0.39, 0.29) is 6.61 Å². The van der Waals surface area contributed by atoms with Gasteiger partial charge >= 0.3 is 0 Å². The fourth-order valence-corrected chi connectivity index (χ4v) is 1.29. The molecule has 1 aliphatic heterocycles. The van der Waals surface area contributed by atoms with Crippen LogP contribution >= 0.6 is 0 Å². The zero-order valence-corrected chi connectivity index (χ0v) is 7.33. The highest BCUT2D eigenvalue weighted by Crippen LogP contribution is 2.05. The molecule has 1 rings (SSSR count). The van der Waals surface area contributed by atoms with Gasteiger partial charge in [0, 0.05) is 25.8 Å². The summed E-state index contributed by atoms with van der Waals surface area (Å²) < 4.78 is 5.23. The van der Waals surface area contributed by atoms with Crippen molar-refractivity contribution < 1.29 is 9.84 Å². The van der Waals surface area contributed by atoms with Gasteiger partial charge in [-0.2, -0.15) is 0 Å². The molecule has 0 spiro atoms. The summed E-state index contributed by atoms with van der Waals surface area (Å²) in [5, 5.41) is 11.8. The zero-order valence-electron chi connectivity index (χ0n) is 7.33. The Morgan fingerprint density at radius 2 is 2.08 bits per heavy atom. The third-order valence-corrected chi connectivity index (χ3v) is 2.02. The molecule has 0 bridgehead atoms. The first-order chi connectivity index (χ1) is 5.93. The van der Waals surface area contributed by atoms with Gasteiger partial charge in [0.25, 0.3) is 0 Å². The number of aliphatic hydroxyl groups is 1. The lowest BCUT2D eigenvalue weighted by Gasteiger charge is -2.22. The van der Waals surface area contributed by atoms with E-state index in [9.17, 15) is 0 Å². The molecular formula is C9H17NO2. The molecule has 0 atom stereocenters. The zero-order chi connectivity index (χ0) is 8.65. The first-order valence-corrected chi connectivity index (χ1v) is 4.50. The van der Waals surface area contributed by atoms with E-state index in [0.29, 0.717) is 6.04 Å². The molecule has 3 nitrogen and oxygen atoms in total. The summed E-state index contributed by atoms with van der Waals surface area (Å²) in [7, 11) is 0. The summed E-state index contributed by atoms with van der Waals surface area (Å²) in [6.07, 6.45) is 5.92. The topological polar surface area (TPSA) is 41.5 Å². The standard InChI is InChI=1S/C9H17NO2/c11-6-2-1-5-10-9-3-7-12-8-4-9/h1-2,9-11H,3-8H2/b2-1+. The lowest BCUT2D eigenvalue weighted by molar-refractivity contribution is 0.0789. The number of aliphatic hydroxyl groups excluding tert-OH is 1. The molecule has 2 N–H and O–H groups in total. The van der Waals surface area contributed by atoms with E-state index in [1.165, 1.54) is 0 Å². The lowest BCUT2D eigenvalue weighted by Crippen LogP contribution is -2.34. The first kappa shape index (κ1) is 9.71. The Balaban J connectivity index is 2.01. The van der Waals surface area contributed by atoms with Gasteiger partial charge in [-0.15, -0.1) is 0 Å². The van der Waals surface area contributed by atoms with Crippen LogP contribution in [0.15, 0.2) is 12.2 Å². The van der Waals surface area contributed by atoms with Crippen LogP contribution in [-0.2, 0) is 4.74 Å². The highest BCUT2D eigenvalue weighted by atomic mass is 16.5. The number of nitrogens with one attached hydrogen (secondary N) is 1. The summed E-state index contributed by atoms with van der Waals surface area (Å²) in [6.45, 7) is 2.74. The quantitative estimate of drug-likeness (QED) is 0.598. The van der Waals surface area contributed by atoms with Crippen LogP contribution in [-0.4, -0.2) is 37.5 Å². The molecule has 70 valence electrons. The van der Waals surface area contributed by atoms with Gasteiger partial charge in [0.15, 0.2) is 0 Å². The maximum Gasteiger partial charge on any atom is 0.0612 e. The minimum Gasteiger partial charge on any atom is -0.392 e. The molecule has 0 aromatic carbocycles. The normalized spacial score (nSPS) is 20.4. The average molecular weight is 171 g/mol. The van der Waals surface area contributed by atoms with Gasteiger partial charge in [-0.3, -0.25) is 0 Å². The first-order valence-electron chi connectivity index (χ1n) is 4.50. The van der Waals surface area contributed by atoms with Crippen molar-refractivity contribution in [1.82, 2.24) is 5.32 Å². The monoisotopic (exact) mass is 171 g/mol. The molecule has 1 heterocycles. The second-order valence-corrected chi connectivity index (χ2v) is 2.95. The fraction of sp³-hybridized carbons (Fsp3) is 0.778. The van der Waals surface area contributed by atoms with Crippen molar-refractivity contribution in [1.29, 1.82) is 0 Å². The average Bonchev–Trinajstić information content (AvgIpc) is 2.14. The molecule has 0 saturated carbocycles. The Hall–Kier alpha value is -0.380. The maximum atomic E-state index is 8.47. The van der Waals surface area contributed by atoms with Gasteiger partial charge in [-0.25, -0.2) is 0 Å². The fourth-order valence-electron chi connectivity index (χ4n) is 1.29. The predicted octanol–water partition coefficient (Wildman–Crippen LogP) is 0.303. The Labute approximate surface area is 73.4 Å². The molecule has 0 unspecified atom stereocenters. The Bertz CT molecular complexity index is 130. The summed E-state index contributed by atoms with van der Waals surface area (Å²) in [4.78, 5) is 0. The van der Waals surface area contributed by atoms with Gasteiger partial charge in [-0.05, 0) is 12.8 Å². The molecule has 1 aliphatic rings. The predicted molar refractivity (Wildman–Crippen MR) is 48.1 cm³/mol. The number of hydrogen-bond donors (Lipinski definition) is 2. The molecule has 0 radical (unpaired) electrons. The second kappa shape index (κ2) is 6.17. The molecule has 12 heavy (non-hydrogen) atoms. The maximum absolute atomic E-state index is 8.47. The second-order valence-electron chi connectivity index (χ2n) is 2.95. The van der Waals surface area contributed by atoms with E-state index >= 15 is 0 Å². The number of rotatable bonds is 4. The van der Waals surface area contributed by atoms with E-state index in [0.717, 1.165) is 32.6 Å². The van der Waals surface area contributed by atoms with E-state index in [1.54, 1.807) is 6.08 Å². The molecule has 0 aromatic rings. The van der Waals surface area contributed by atoms with Crippen molar-refractivity contribution in [2.75, 3.05) is 26.4 Å². The van der Waals surface area contributed by atoms with Gasteiger partial charge in [0.2, 0.25) is 0 Å². The largest absolute Gasteiger partial charge is 0.392 e. The van der Waals surface area contributed by atoms with E-state index in [4.69, 9.17) is 9.84 Å². The summed E-state index contributed by atoms with van der Waals surface area (Å²) in [5.41, 5.74) is 0. The number of hydrogen-bond acceptors (Lipinski definition) is 3. The third kappa shape index (κ3) is 3.85. The van der Waals surface area contributed by atoms with E-state index in [1.807, 2.05) is 6.08 Å². The van der Waals surface area contributed by atoms with Crippen LogP contribution in [0.1, 0.15) is 12.8 Å².